The minimum Gasteiger partial charge on any atom is -0.484 e. The second-order valence-corrected chi connectivity index (χ2v) is 5.49. The fraction of sp³-hybridized carbons (Fsp3) is 0.588. The highest BCUT2D eigenvalue weighted by Crippen LogP contribution is 2.13. The number of aryl methyl sites for hydroxylation is 1. The summed E-state index contributed by atoms with van der Waals surface area (Å²) in [6.45, 7) is 7.18. The van der Waals surface area contributed by atoms with Crippen LogP contribution in [-0.2, 0) is 16.0 Å². The number of morpholine rings is 1. The summed E-state index contributed by atoms with van der Waals surface area (Å²) >= 11 is 0. The Balaban J connectivity index is 1.60. The van der Waals surface area contributed by atoms with Crippen molar-refractivity contribution < 1.29 is 14.3 Å². The first kappa shape index (κ1) is 16.8. The maximum Gasteiger partial charge on any atom is 0.257 e. The van der Waals surface area contributed by atoms with E-state index in [1.807, 2.05) is 12.1 Å². The van der Waals surface area contributed by atoms with Crippen LogP contribution >= 0.6 is 0 Å². The number of ether oxygens (including phenoxy) is 2. The van der Waals surface area contributed by atoms with E-state index >= 15 is 0 Å². The van der Waals surface area contributed by atoms with E-state index in [1.165, 1.54) is 5.56 Å². The van der Waals surface area contributed by atoms with Gasteiger partial charge in [-0.1, -0.05) is 25.5 Å². The maximum absolute atomic E-state index is 11.7. The maximum atomic E-state index is 11.7. The standard InChI is InChI=1S/C17H26N2O3/c1-2-3-15-4-6-16(7-5-15)22-14-17(20)18-8-9-19-10-12-21-13-11-19/h4-7H,2-3,8-14H2,1H3,(H,18,20). The van der Waals surface area contributed by atoms with Crippen molar-refractivity contribution in [1.29, 1.82) is 0 Å². The molecule has 0 spiro atoms. The van der Waals surface area contributed by atoms with Crippen molar-refractivity contribution in [3.63, 3.8) is 0 Å². The van der Waals surface area contributed by atoms with E-state index in [0.29, 0.717) is 6.54 Å². The summed E-state index contributed by atoms with van der Waals surface area (Å²) in [7, 11) is 0. The average molecular weight is 306 g/mol. The SMILES string of the molecule is CCCc1ccc(OCC(=O)NCCN2CCOCC2)cc1. The summed E-state index contributed by atoms with van der Waals surface area (Å²) in [6, 6.07) is 7.95. The van der Waals surface area contributed by atoms with Crippen LogP contribution in [0.5, 0.6) is 5.75 Å². The topological polar surface area (TPSA) is 50.8 Å². The van der Waals surface area contributed by atoms with Gasteiger partial charge in [0.15, 0.2) is 6.61 Å². The minimum atomic E-state index is -0.0779. The molecule has 5 heteroatoms. The Labute approximate surface area is 132 Å². The van der Waals surface area contributed by atoms with Crippen molar-refractivity contribution >= 4 is 5.91 Å². The number of carbonyl (C=O) groups is 1. The highest BCUT2D eigenvalue weighted by atomic mass is 16.5. The van der Waals surface area contributed by atoms with Crippen molar-refractivity contribution in [1.82, 2.24) is 10.2 Å². The highest BCUT2D eigenvalue weighted by molar-refractivity contribution is 5.77. The molecule has 0 aliphatic carbocycles. The molecule has 0 radical (unpaired) electrons. The van der Waals surface area contributed by atoms with Gasteiger partial charge in [-0.15, -0.1) is 0 Å². The molecule has 5 nitrogen and oxygen atoms in total. The van der Waals surface area contributed by atoms with Crippen molar-refractivity contribution in [3.05, 3.63) is 29.8 Å². The van der Waals surface area contributed by atoms with Crippen LogP contribution in [0.1, 0.15) is 18.9 Å². The Morgan fingerprint density at radius 1 is 1.27 bits per heavy atom. The summed E-state index contributed by atoms with van der Waals surface area (Å²) in [5.41, 5.74) is 1.30. The summed E-state index contributed by atoms with van der Waals surface area (Å²) in [5.74, 6) is 0.661. The second-order valence-electron chi connectivity index (χ2n) is 5.49. The zero-order valence-corrected chi connectivity index (χ0v) is 13.3. The number of hydrogen-bond donors (Lipinski definition) is 1. The van der Waals surface area contributed by atoms with Crippen LogP contribution in [0.25, 0.3) is 0 Å². The Morgan fingerprint density at radius 3 is 2.68 bits per heavy atom. The molecule has 2 rings (SSSR count). The van der Waals surface area contributed by atoms with Gasteiger partial charge in [0, 0.05) is 26.2 Å². The second kappa shape index (κ2) is 9.43. The number of benzene rings is 1. The van der Waals surface area contributed by atoms with Crippen molar-refractivity contribution in [2.75, 3.05) is 46.0 Å². The lowest BCUT2D eigenvalue weighted by atomic mass is 10.1. The van der Waals surface area contributed by atoms with E-state index in [0.717, 1.165) is 51.4 Å². The molecule has 0 bridgehead atoms. The van der Waals surface area contributed by atoms with Gasteiger partial charge in [-0.2, -0.15) is 0 Å². The fourth-order valence-electron chi connectivity index (χ4n) is 2.42. The summed E-state index contributed by atoms with van der Waals surface area (Å²) in [4.78, 5) is 14.0. The largest absolute Gasteiger partial charge is 0.484 e. The normalized spacial score (nSPS) is 15.5. The van der Waals surface area contributed by atoms with Gasteiger partial charge in [-0.3, -0.25) is 9.69 Å². The molecule has 0 saturated carbocycles. The summed E-state index contributed by atoms with van der Waals surface area (Å²) < 4.78 is 10.8. The smallest absolute Gasteiger partial charge is 0.257 e. The summed E-state index contributed by atoms with van der Waals surface area (Å²) in [5, 5.41) is 2.89. The molecule has 22 heavy (non-hydrogen) atoms. The molecular weight excluding hydrogens is 280 g/mol. The third kappa shape index (κ3) is 6.03. The monoisotopic (exact) mass is 306 g/mol. The Bertz CT molecular complexity index is 442. The zero-order chi connectivity index (χ0) is 15.6. The van der Waals surface area contributed by atoms with Crippen LogP contribution in [0, 0.1) is 0 Å². The zero-order valence-electron chi connectivity index (χ0n) is 13.3. The number of nitrogens with zero attached hydrogens (tertiary/aromatic N) is 1. The predicted molar refractivity (Wildman–Crippen MR) is 86.2 cm³/mol. The first-order chi connectivity index (χ1) is 10.8. The molecule has 0 aromatic heterocycles. The Morgan fingerprint density at radius 2 is 2.00 bits per heavy atom. The van der Waals surface area contributed by atoms with E-state index in [2.05, 4.69) is 29.3 Å². The average Bonchev–Trinajstić information content (AvgIpc) is 2.55. The van der Waals surface area contributed by atoms with Gasteiger partial charge in [0.25, 0.3) is 5.91 Å². The van der Waals surface area contributed by atoms with Gasteiger partial charge in [-0.25, -0.2) is 0 Å². The number of nitrogens with one attached hydrogen (secondary N) is 1. The van der Waals surface area contributed by atoms with E-state index in [9.17, 15) is 4.79 Å². The van der Waals surface area contributed by atoms with Gasteiger partial charge < -0.3 is 14.8 Å². The van der Waals surface area contributed by atoms with Gasteiger partial charge in [-0.05, 0) is 24.1 Å². The van der Waals surface area contributed by atoms with Crippen molar-refractivity contribution in [2.24, 2.45) is 0 Å². The van der Waals surface area contributed by atoms with Crippen LogP contribution in [0.3, 0.4) is 0 Å². The van der Waals surface area contributed by atoms with Gasteiger partial charge in [0.1, 0.15) is 5.75 Å². The number of amides is 1. The first-order valence-corrected chi connectivity index (χ1v) is 8.06. The Kier molecular flexibility index (Phi) is 7.19. The molecular formula is C17H26N2O3. The van der Waals surface area contributed by atoms with E-state index in [4.69, 9.17) is 9.47 Å². The molecule has 1 amide bonds. The lowest BCUT2D eigenvalue weighted by Crippen LogP contribution is -2.42. The lowest BCUT2D eigenvalue weighted by molar-refractivity contribution is -0.123. The van der Waals surface area contributed by atoms with Gasteiger partial charge >= 0.3 is 0 Å². The van der Waals surface area contributed by atoms with Crippen LogP contribution in [0.2, 0.25) is 0 Å². The van der Waals surface area contributed by atoms with Crippen LogP contribution < -0.4 is 10.1 Å². The van der Waals surface area contributed by atoms with Crippen molar-refractivity contribution in [2.45, 2.75) is 19.8 Å². The van der Waals surface area contributed by atoms with Crippen LogP contribution in [-0.4, -0.2) is 56.8 Å². The third-order valence-corrected chi connectivity index (χ3v) is 3.69. The van der Waals surface area contributed by atoms with E-state index in [-0.39, 0.29) is 12.5 Å². The minimum absolute atomic E-state index is 0.0657. The fourth-order valence-corrected chi connectivity index (χ4v) is 2.42. The Hall–Kier alpha value is -1.59. The molecule has 1 aliphatic heterocycles. The molecule has 0 unspecified atom stereocenters. The molecule has 1 heterocycles. The van der Waals surface area contributed by atoms with E-state index < -0.39 is 0 Å². The van der Waals surface area contributed by atoms with Crippen LogP contribution in [0.4, 0.5) is 0 Å². The molecule has 1 N–H and O–H groups in total. The molecule has 1 aromatic carbocycles. The molecule has 0 atom stereocenters. The lowest BCUT2D eigenvalue weighted by Gasteiger charge is -2.26. The quantitative estimate of drug-likeness (QED) is 0.790. The van der Waals surface area contributed by atoms with Gasteiger partial charge in [0.05, 0.1) is 13.2 Å². The summed E-state index contributed by atoms with van der Waals surface area (Å²) in [6.07, 6.45) is 2.20. The molecule has 1 aromatic rings. The predicted octanol–water partition coefficient (Wildman–Crippen LogP) is 1.47. The number of rotatable bonds is 8. The van der Waals surface area contributed by atoms with E-state index in [1.54, 1.807) is 0 Å². The number of hydrogen-bond acceptors (Lipinski definition) is 4. The van der Waals surface area contributed by atoms with Gasteiger partial charge in [0.2, 0.25) is 0 Å². The highest BCUT2D eigenvalue weighted by Gasteiger charge is 2.10. The number of carbonyl (C=O) groups excluding carboxylic acids is 1. The molecule has 1 fully saturated rings. The first-order valence-electron chi connectivity index (χ1n) is 8.06. The molecule has 1 aliphatic rings. The molecule has 122 valence electrons. The third-order valence-electron chi connectivity index (χ3n) is 3.69. The van der Waals surface area contributed by atoms with Crippen molar-refractivity contribution in [3.8, 4) is 5.75 Å². The molecule has 1 saturated heterocycles. The van der Waals surface area contributed by atoms with Crippen LogP contribution in [0.15, 0.2) is 24.3 Å².